The van der Waals surface area contributed by atoms with Crippen molar-refractivity contribution in [2.45, 2.75) is 96.4 Å². The lowest BCUT2D eigenvalue weighted by Gasteiger charge is -2.50. The van der Waals surface area contributed by atoms with Crippen LogP contribution in [0, 0.1) is 12.8 Å². The van der Waals surface area contributed by atoms with E-state index in [9.17, 15) is 9.59 Å². The maximum Gasteiger partial charge on any atom is 0.231 e. The van der Waals surface area contributed by atoms with Crippen molar-refractivity contribution < 1.29 is 9.59 Å². The van der Waals surface area contributed by atoms with Gasteiger partial charge in [-0.1, -0.05) is 54.3 Å². The second-order valence-electron chi connectivity index (χ2n) is 10.6. The van der Waals surface area contributed by atoms with Crippen molar-refractivity contribution in [3.63, 3.8) is 0 Å². The van der Waals surface area contributed by atoms with Gasteiger partial charge >= 0.3 is 0 Å². The van der Waals surface area contributed by atoms with Crippen LogP contribution in [0.5, 0.6) is 0 Å². The number of aryl methyl sites for hydroxylation is 1. The summed E-state index contributed by atoms with van der Waals surface area (Å²) in [4.78, 5) is 30.4. The monoisotopic (exact) mass is 477 g/mol. The number of carbonyl (C=O) groups excluding carboxylic acids is 2. The lowest BCUT2D eigenvalue weighted by atomic mass is 9.80. The highest BCUT2D eigenvalue weighted by atomic mass is 16.2. The molecule has 0 spiro atoms. The molecule has 7 heteroatoms. The molecule has 3 atom stereocenters. The van der Waals surface area contributed by atoms with Crippen LogP contribution in [0.25, 0.3) is 0 Å². The van der Waals surface area contributed by atoms with Crippen molar-refractivity contribution in [1.29, 1.82) is 0 Å². The van der Waals surface area contributed by atoms with E-state index in [2.05, 4.69) is 58.0 Å². The van der Waals surface area contributed by atoms with Gasteiger partial charge in [-0.2, -0.15) is 5.10 Å². The summed E-state index contributed by atoms with van der Waals surface area (Å²) in [6.07, 6.45) is 13.1. The van der Waals surface area contributed by atoms with Gasteiger partial charge in [-0.05, 0) is 57.4 Å². The van der Waals surface area contributed by atoms with Crippen LogP contribution >= 0.6 is 0 Å². The summed E-state index contributed by atoms with van der Waals surface area (Å²) in [5.74, 6) is 1.24. The first-order valence-electron chi connectivity index (χ1n) is 13.5. The van der Waals surface area contributed by atoms with E-state index in [1.807, 2.05) is 4.90 Å². The predicted octanol–water partition coefficient (Wildman–Crippen LogP) is 4.19. The van der Waals surface area contributed by atoms with E-state index in [4.69, 9.17) is 0 Å². The number of amidine groups is 1. The van der Waals surface area contributed by atoms with E-state index < -0.39 is 0 Å². The number of hydrogen-bond acceptors (Lipinski definition) is 5. The number of allylic oxidation sites excluding steroid dienone is 1. The predicted molar refractivity (Wildman–Crippen MR) is 137 cm³/mol. The number of amides is 2. The molecule has 2 amide bonds. The minimum Gasteiger partial charge on any atom is -0.356 e. The van der Waals surface area contributed by atoms with Crippen LogP contribution in [-0.2, 0) is 16.1 Å². The van der Waals surface area contributed by atoms with Gasteiger partial charge in [-0.25, -0.2) is 0 Å². The van der Waals surface area contributed by atoms with Crippen LogP contribution in [0.3, 0.4) is 0 Å². The molecular weight excluding hydrogens is 438 g/mol. The molecule has 4 aliphatic rings. The molecule has 2 heterocycles. The first-order chi connectivity index (χ1) is 17.1. The average molecular weight is 478 g/mol. The molecule has 1 aromatic carbocycles. The molecule has 2 fully saturated rings. The van der Waals surface area contributed by atoms with Crippen LogP contribution in [0.4, 0.5) is 0 Å². The Kier molecular flexibility index (Phi) is 7.40. The lowest BCUT2D eigenvalue weighted by molar-refractivity contribution is -0.156. The largest absolute Gasteiger partial charge is 0.356 e. The second-order valence-corrected chi connectivity index (χ2v) is 10.6. The van der Waals surface area contributed by atoms with Gasteiger partial charge < -0.3 is 10.2 Å². The third-order valence-electron chi connectivity index (χ3n) is 8.06. The smallest absolute Gasteiger partial charge is 0.231 e. The van der Waals surface area contributed by atoms with E-state index >= 15 is 0 Å². The van der Waals surface area contributed by atoms with Gasteiger partial charge in [0.2, 0.25) is 11.8 Å². The summed E-state index contributed by atoms with van der Waals surface area (Å²) in [7, 11) is 0. The number of rotatable bonds is 8. The minimum absolute atomic E-state index is 0.00754. The fraction of sp³-hybridized carbons (Fsp3) is 0.607. The van der Waals surface area contributed by atoms with Crippen LogP contribution < -0.4 is 10.7 Å². The van der Waals surface area contributed by atoms with Crippen molar-refractivity contribution in [3.05, 3.63) is 47.0 Å². The normalized spacial score (nSPS) is 25.9. The van der Waals surface area contributed by atoms with E-state index in [1.54, 1.807) is 0 Å². The summed E-state index contributed by atoms with van der Waals surface area (Å²) in [5, 5.41) is 7.74. The molecule has 0 aromatic heterocycles. The summed E-state index contributed by atoms with van der Waals surface area (Å²) < 4.78 is 0. The Balaban J connectivity index is 1.21. The van der Waals surface area contributed by atoms with Crippen molar-refractivity contribution in [1.82, 2.24) is 20.5 Å². The molecule has 7 nitrogen and oxygen atoms in total. The molecule has 0 bridgehead atoms. The Bertz CT molecular complexity index is 986. The zero-order valence-electron chi connectivity index (χ0n) is 21.0. The standard InChI is InChI=1S/C28H39N5O2/c1-20-11-13-22(14-12-20)19-32-27(35)23-9-5-6-10-24(23)33-25(30-31-28(32)33)15-16-26(34)29-18-17-21-7-3-2-4-8-21/h7,11-14,23-24,28,31H,2-6,8-10,15-19H2,1H3,(H,29,34). The molecule has 5 rings (SSSR count). The van der Waals surface area contributed by atoms with Gasteiger partial charge in [0.1, 0.15) is 5.84 Å². The number of hydrazone groups is 1. The maximum atomic E-state index is 13.5. The Morgan fingerprint density at radius 3 is 2.74 bits per heavy atom. The molecule has 2 aliphatic heterocycles. The lowest BCUT2D eigenvalue weighted by Crippen LogP contribution is -2.67. The van der Waals surface area contributed by atoms with Crippen molar-refractivity contribution >= 4 is 17.6 Å². The number of fused-ring (bicyclic) bond motifs is 3. The average Bonchev–Trinajstić information content (AvgIpc) is 3.31. The highest BCUT2D eigenvalue weighted by Gasteiger charge is 2.50. The molecule has 1 aromatic rings. The van der Waals surface area contributed by atoms with Gasteiger partial charge in [-0.15, -0.1) is 0 Å². The van der Waals surface area contributed by atoms with E-state index in [0.717, 1.165) is 43.5 Å². The van der Waals surface area contributed by atoms with Gasteiger partial charge in [0.05, 0.1) is 5.92 Å². The Labute approximate surface area is 209 Å². The van der Waals surface area contributed by atoms with Gasteiger partial charge in [0.15, 0.2) is 6.29 Å². The van der Waals surface area contributed by atoms with Gasteiger partial charge in [0, 0.05) is 32.0 Å². The molecular formula is C28H39N5O2. The zero-order valence-corrected chi connectivity index (χ0v) is 21.0. The number of hydrogen-bond donors (Lipinski definition) is 2. The molecule has 3 unspecified atom stereocenters. The molecule has 2 N–H and O–H groups in total. The fourth-order valence-corrected chi connectivity index (χ4v) is 6.10. The fourth-order valence-electron chi connectivity index (χ4n) is 6.10. The Morgan fingerprint density at radius 1 is 1.11 bits per heavy atom. The van der Waals surface area contributed by atoms with Crippen LogP contribution in [-0.4, -0.2) is 46.3 Å². The molecule has 188 valence electrons. The second kappa shape index (κ2) is 10.8. The topological polar surface area (TPSA) is 77.0 Å². The summed E-state index contributed by atoms with van der Waals surface area (Å²) in [6, 6.07) is 8.57. The van der Waals surface area contributed by atoms with Crippen molar-refractivity contribution in [2.75, 3.05) is 6.54 Å². The molecule has 2 aliphatic carbocycles. The highest BCUT2D eigenvalue weighted by Crippen LogP contribution is 2.38. The Morgan fingerprint density at radius 2 is 1.94 bits per heavy atom. The number of nitrogens with one attached hydrogen (secondary N) is 2. The number of carbonyl (C=O) groups is 2. The zero-order chi connectivity index (χ0) is 24.2. The minimum atomic E-state index is -0.264. The first kappa shape index (κ1) is 23.9. The van der Waals surface area contributed by atoms with Crippen LogP contribution in [0.1, 0.15) is 81.8 Å². The van der Waals surface area contributed by atoms with Gasteiger partial charge in [0.25, 0.3) is 0 Å². The number of nitrogens with zero attached hydrogens (tertiary/aromatic N) is 3. The van der Waals surface area contributed by atoms with Crippen molar-refractivity contribution in [2.24, 2.45) is 11.0 Å². The first-order valence-corrected chi connectivity index (χ1v) is 13.5. The molecule has 0 radical (unpaired) electrons. The SMILES string of the molecule is Cc1ccc(CN2C(=O)C3CCCCC3N3C(CCC(=O)NCCC4=CCCCC4)=NNC23)cc1. The third kappa shape index (κ3) is 5.39. The Hall–Kier alpha value is -2.83. The molecule has 1 saturated carbocycles. The van der Waals surface area contributed by atoms with E-state index in [-0.39, 0.29) is 30.1 Å². The molecule has 1 saturated heterocycles. The van der Waals surface area contributed by atoms with Crippen LogP contribution in [0.2, 0.25) is 0 Å². The van der Waals surface area contributed by atoms with Crippen molar-refractivity contribution in [3.8, 4) is 0 Å². The highest BCUT2D eigenvalue weighted by molar-refractivity contribution is 5.91. The van der Waals surface area contributed by atoms with E-state index in [0.29, 0.717) is 25.9 Å². The van der Waals surface area contributed by atoms with Gasteiger partial charge in [-0.3, -0.25) is 19.9 Å². The maximum absolute atomic E-state index is 13.5. The quantitative estimate of drug-likeness (QED) is 0.551. The summed E-state index contributed by atoms with van der Waals surface area (Å²) in [6.45, 7) is 3.35. The third-order valence-corrected chi connectivity index (χ3v) is 8.06. The van der Waals surface area contributed by atoms with Crippen LogP contribution in [0.15, 0.2) is 41.0 Å². The number of benzene rings is 1. The summed E-state index contributed by atoms with van der Waals surface area (Å²) in [5.41, 5.74) is 7.07. The van der Waals surface area contributed by atoms with E-state index in [1.165, 1.54) is 36.8 Å². The molecule has 35 heavy (non-hydrogen) atoms. The summed E-state index contributed by atoms with van der Waals surface area (Å²) >= 11 is 0.